The van der Waals surface area contributed by atoms with Gasteiger partial charge < -0.3 is 10.6 Å². The van der Waals surface area contributed by atoms with Gasteiger partial charge in [-0.05, 0) is 47.8 Å². The molecule has 6 nitrogen and oxygen atoms in total. The van der Waals surface area contributed by atoms with Crippen molar-refractivity contribution in [2.24, 2.45) is 0 Å². The van der Waals surface area contributed by atoms with Crippen molar-refractivity contribution in [3.8, 4) is 0 Å². The molecule has 0 bridgehead atoms. The Kier molecular flexibility index (Phi) is 6.21. The van der Waals surface area contributed by atoms with Crippen LogP contribution in [-0.2, 0) is 4.79 Å². The molecular formula is C17H13ClN4O2S2. The summed E-state index contributed by atoms with van der Waals surface area (Å²) in [6, 6.07) is 13.8. The maximum absolute atomic E-state index is 11.9. The number of hydrogen-bond acceptors (Lipinski definition) is 6. The van der Waals surface area contributed by atoms with Crippen molar-refractivity contribution in [3.05, 3.63) is 63.8 Å². The van der Waals surface area contributed by atoms with Gasteiger partial charge in [0.05, 0.1) is 10.6 Å². The van der Waals surface area contributed by atoms with Gasteiger partial charge in [-0.2, -0.15) is 0 Å². The number of rotatable bonds is 6. The first-order chi connectivity index (χ1) is 12.6. The molecule has 0 unspecified atom stereocenters. The van der Waals surface area contributed by atoms with Crippen molar-refractivity contribution >= 4 is 58.0 Å². The van der Waals surface area contributed by atoms with Crippen LogP contribution in [0.25, 0.3) is 0 Å². The molecule has 2 heterocycles. The molecule has 0 saturated carbocycles. The third kappa shape index (κ3) is 5.29. The SMILES string of the molecule is O=C(CSc1ccc(NC(=O)c2cccs2)nn1)Nc1ccc(Cl)cc1. The maximum Gasteiger partial charge on any atom is 0.266 e. The van der Waals surface area contributed by atoms with Crippen LogP contribution >= 0.6 is 34.7 Å². The van der Waals surface area contributed by atoms with E-state index in [2.05, 4.69) is 20.8 Å². The number of nitrogens with zero attached hydrogens (tertiary/aromatic N) is 2. The lowest BCUT2D eigenvalue weighted by molar-refractivity contribution is -0.113. The standard InChI is InChI=1S/C17H13ClN4O2S2/c18-11-3-5-12(6-4-11)19-15(23)10-26-16-8-7-14(21-22-16)20-17(24)13-2-1-9-25-13/h1-9H,10H2,(H,19,23)(H,20,21,24). The number of benzene rings is 1. The molecule has 9 heteroatoms. The fraction of sp³-hybridized carbons (Fsp3) is 0.0588. The van der Waals surface area contributed by atoms with Crippen LogP contribution in [0, 0.1) is 0 Å². The molecule has 0 radical (unpaired) electrons. The van der Waals surface area contributed by atoms with Crippen molar-refractivity contribution in [1.82, 2.24) is 10.2 Å². The van der Waals surface area contributed by atoms with Gasteiger partial charge in [0.25, 0.3) is 5.91 Å². The van der Waals surface area contributed by atoms with Crippen molar-refractivity contribution < 1.29 is 9.59 Å². The zero-order valence-corrected chi connectivity index (χ0v) is 15.7. The Morgan fingerprint density at radius 2 is 1.85 bits per heavy atom. The minimum atomic E-state index is -0.225. The summed E-state index contributed by atoms with van der Waals surface area (Å²) in [6.45, 7) is 0. The van der Waals surface area contributed by atoms with Crippen LogP contribution in [0.5, 0.6) is 0 Å². The van der Waals surface area contributed by atoms with Gasteiger partial charge in [-0.1, -0.05) is 29.4 Å². The number of aromatic nitrogens is 2. The zero-order valence-electron chi connectivity index (χ0n) is 13.3. The quantitative estimate of drug-likeness (QED) is 0.602. The number of carbonyl (C=O) groups is 2. The molecule has 2 N–H and O–H groups in total. The Labute approximate surface area is 163 Å². The molecule has 1 aromatic carbocycles. The second-order valence-corrected chi connectivity index (χ2v) is 7.41. The van der Waals surface area contributed by atoms with Gasteiger partial charge in [0, 0.05) is 10.7 Å². The normalized spacial score (nSPS) is 10.3. The molecule has 0 saturated heterocycles. The van der Waals surface area contributed by atoms with E-state index in [4.69, 9.17) is 11.6 Å². The van der Waals surface area contributed by atoms with E-state index in [1.54, 1.807) is 48.5 Å². The number of carbonyl (C=O) groups excluding carboxylic acids is 2. The number of halogens is 1. The molecule has 2 aromatic heterocycles. The van der Waals surface area contributed by atoms with Gasteiger partial charge in [-0.3, -0.25) is 9.59 Å². The van der Waals surface area contributed by atoms with Crippen LogP contribution in [0.1, 0.15) is 9.67 Å². The highest BCUT2D eigenvalue weighted by atomic mass is 35.5. The van der Waals surface area contributed by atoms with E-state index in [1.807, 2.05) is 5.38 Å². The summed E-state index contributed by atoms with van der Waals surface area (Å²) in [6.07, 6.45) is 0. The Morgan fingerprint density at radius 1 is 1.04 bits per heavy atom. The Bertz CT molecular complexity index is 884. The van der Waals surface area contributed by atoms with Crippen LogP contribution < -0.4 is 10.6 Å². The van der Waals surface area contributed by atoms with Gasteiger partial charge in [0.1, 0.15) is 5.03 Å². The lowest BCUT2D eigenvalue weighted by Crippen LogP contribution is -2.14. The molecule has 3 aromatic rings. The molecule has 26 heavy (non-hydrogen) atoms. The summed E-state index contributed by atoms with van der Waals surface area (Å²) in [7, 11) is 0. The number of hydrogen-bond donors (Lipinski definition) is 2. The van der Waals surface area contributed by atoms with Gasteiger partial charge in [0.2, 0.25) is 5.91 Å². The van der Waals surface area contributed by atoms with E-state index >= 15 is 0 Å². The van der Waals surface area contributed by atoms with Crippen LogP contribution in [0.15, 0.2) is 58.9 Å². The van der Waals surface area contributed by atoms with Crippen molar-refractivity contribution in [2.45, 2.75) is 5.03 Å². The first kappa shape index (κ1) is 18.4. The zero-order chi connectivity index (χ0) is 18.4. The first-order valence-corrected chi connectivity index (χ1v) is 9.71. The highest BCUT2D eigenvalue weighted by Crippen LogP contribution is 2.18. The molecule has 0 spiro atoms. The van der Waals surface area contributed by atoms with Crippen LogP contribution in [0.4, 0.5) is 11.5 Å². The van der Waals surface area contributed by atoms with Gasteiger partial charge in [-0.15, -0.1) is 21.5 Å². The molecule has 0 fully saturated rings. The molecule has 0 aliphatic rings. The van der Waals surface area contributed by atoms with E-state index in [0.717, 1.165) is 0 Å². The Morgan fingerprint density at radius 3 is 2.50 bits per heavy atom. The minimum Gasteiger partial charge on any atom is -0.325 e. The van der Waals surface area contributed by atoms with E-state index in [-0.39, 0.29) is 17.6 Å². The maximum atomic E-state index is 11.9. The van der Waals surface area contributed by atoms with Crippen LogP contribution in [-0.4, -0.2) is 27.8 Å². The highest BCUT2D eigenvalue weighted by Gasteiger charge is 2.09. The predicted molar refractivity (Wildman–Crippen MR) is 105 cm³/mol. The molecule has 3 rings (SSSR count). The van der Waals surface area contributed by atoms with E-state index in [1.165, 1.54) is 23.1 Å². The average Bonchev–Trinajstić information content (AvgIpc) is 3.18. The second kappa shape index (κ2) is 8.79. The summed E-state index contributed by atoms with van der Waals surface area (Å²) in [5, 5.41) is 16.4. The molecule has 0 aliphatic heterocycles. The second-order valence-electron chi connectivity index (χ2n) is 5.03. The third-order valence-corrected chi connectivity index (χ3v) is 5.15. The Balaban J connectivity index is 1.48. The highest BCUT2D eigenvalue weighted by molar-refractivity contribution is 7.99. The number of anilines is 2. The molecular weight excluding hydrogens is 392 g/mol. The summed E-state index contributed by atoms with van der Waals surface area (Å²) in [5.41, 5.74) is 0.678. The van der Waals surface area contributed by atoms with Gasteiger partial charge in [0.15, 0.2) is 5.82 Å². The summed E-state index contributed by atoms with van der Waals surface area (Å²) < 4.78 is 0. The van der Waals surface area contributed by atoms with E-state index < -0.39 is 0 Å². The third-order valence-electron chi connectivity index (χ3n) is 3.11. The van der Waals surface area contributed by atoms with E-state index in [9.17, 15) is 9.59 Å². The monoisotopic (exact) mass is 404 g/mol. The topological polar surface area (TPSA) is 84.0 Å². The fourth-order valence-corrected chi connectivity index (χ4v) is 3.28. The van der Waals surface area contributed by atoms with Crippen molar-refractivity contribution in [3.63, 3.8) is 0 Å². The van der Waals surface area contributed by atoms with Crippen LogP contribution in [0.2, 0.25) is 5.02 Å². The van der Waals surface area contributed by atoms with E-state index in [0.29, 0.717) is 26.4 Å². The first-order valence-electron chi connectivity index (χ1n) is 7.47. The molecule has 2 amide bonds. The lowest BCUT2D eigenvalue weighted by atomic mass is 10.3. The summed E-state index contributed by atoms with van der Waals surface area (Å²) in [4.78, 5) is 24.5. The van der Waals surface area contributed by atoms with Crippen molar-refractivity contribution in [2.75, 3.05) is 16.4 Å². The van der Waals surface area contributed by atoms with Gasteiger partial charge >= 0.3 is 0 Å². The lowest BCUT2D eigenvalue weighted by Gasteiger charge is -2.05. The number of nitrogens with one attached hydrogen (secondary N) is 2. The predicted octanol–water partition coefficient (Wildman–Crippen LogP) is 4.17. The largest absolute Gasteiger partial charge is 0.325 e. The smallest absolute Gasteiger partial charge is 0.266 e. The molecule has 132 valence electrons. The van der Waals surface area contributed by atoms with Crippen molar-refractivity contribution in [1.29, 1.82) is 0 Å². The minimum absolute atomic E-state index is 0.158. The number of amides is 2. The number of thioether (sulfide) groups is 1. The summed E-state index contributed by atoms with van der Waals surface area (Å²) >= 11 is 8.41. The fourth-order valence-electron chi connectivity index (χ4n) is 1.92. The van der Waals surface area contributed by atoms with Crippen LogP contribution in [0.3, 0.4) is 0 Å². The molecule has 0 aliphatic carbocycles. The number of thiophene rings is 1. The van der Waals surface area contributed by atoms with Gasteiger partial charge in [-0.25, -0.2) is 0 Å². The average molecular weight is 405 g/mol. The summed E-state index contributed by atoms with van der Waals surface area (Å²) in [5.74, 6) is 0.169. The Hall–Kier alpha value is -2.42. The molecule has 0 atom stereocenters.